The van der Waals surface area contributed by atoms with Crippen molar-refractivity contribution < 1.29 is 9.53 Å². The van der Waals surface area contributed by atoms with E-state index in [1.807, 2.05) is 6.92 Å². The molecule has 2 aromatic rings. The number of fused-ring (bicyclic) bond motifs is 1. The quantitative estimate of drug-likeness (QED) is 0.544. The maximum absolute atomic E-state index is 12.0. The van der Waals surface area contributed by atoms with Crippen molar-refractivity contribution in [2.75, 3.05) is 17.0 Å². The molecule has 9 nitrogen and oxygen atoms in total. The molecule has 1 unspecified atom stereocenters. The fourth-order valence-electron chi connectivity index (χ4n) is 2.22. The number of halogens is 1. The fraction of sp³-hybridized carbons (Fsp3) is 0.385. The minimum atomic E-state index is -0.382. The number of alkyl halides is 1. The number of aromatic nitrogens is 4. The maximum Gasteiger partial charge on any atom is 0.304 e. The van der Waals surface area contributed by atoms with Crippen LogP contribution in [0.1, 0.15) is 13.3 Å². The number of hydrogen-bond donors (Lipinski definition) is 3. The summed E-state index contributed by atoms with van der Waals surface area (Å²) < 4.78 is 7.00. The molecule has 1 amide bonds. The number of nitrogens with two attached hydrogens (primary N) is 1. The standard InChI is InChI=1S/C13H16ClN7O2/c1-7-2-3-9(23-7)12(22)20-19-10-8-6-16-21(5-4-14)11(8)18-13(15)17-10/h3,6-7H,2,4-5H2,1H3,(H,20,22)(H3,15,17,18,19). The summed E-state index contributed by atoms with van der Waals surface area (Å²) in [5.74, 6) is 0.710. The monoisotopic (exact) mass is 337 g/mol. The zero-order valence-electron chi connectivity index (χ0n) is 12.4. The van der Waals surface area contributed by atoms with Crippen LogP contribution >= 0.6 is 11.6 Å². The smallest absolute Gasteiger partial charge is 0.304 e. The third-order valence-corrected chi connectivity index (χ3v) is 3.46. The molecular formula is C13H16ClN7O2. The van der Waals surface area contributed by atoms with Gasteiger partial charge in [-0.1, -0.05) is 0 Å². The molecule has 0 fully saturated rings. The Balaban J connectivity index is 1.79. The summed E-state index contributed by atoms with van der Waals surface area (Å²) in [6, 6.07) is 0. The van der Waals surface area contributed by atoms with Crippen LogP contribution in [-0.2, 0) is 16.1 Å². The molecule has 122 valence electrons. The van der Waals surface area contributed by atoms with E-state index in [-0.39, 0.29) is 23.7 Å². The van der Waals surface area contributed by atoms with Crippen molar-refractivity contribution in [2.24, 2.45) is 0 Å². The predicted octanol–water partition coefficient (Wildman–Crippen LogP) is 0.783. The number of nitrogens with zero attached hydrogens (tertiary/aromatic N) is 4. The maximum atomic E-state index is 12.0. The molecule has 2 aromatic heterocycles. The lowest BCUT2D eigenvalue weighted by molar-refractivity contribution is -0.120. The molecule has 4 N–H and O–H groups in total. The Morgan fingerprint density at radius 2 is 2.39 bits per heavy atom. The largest absolute Gasteiger partial charge is 0.485 e. The number of hydrazine groups is 1. The van der Waals surface area contributed by atoms with Crippen molar-refractivity contribution in [2.45, 2.75) is 26.0 Å². The highest BCUT2D eigenvalue weighted by atomic mass is 35.5. The van der Waals surface area contributed by atoms with Crippen LogP contribution in [0.5, 0.6) is 0 Å². The van der Waals surface area contributed by atoms with Crippen molar-refractivity contribution in [1.29, 1.82) is 0 Å². The summed E-state index contributed by atoms with van der Waals surface area (Å²) in [7, 11) is 0. The van der Waals surface area contributed by atoms with E-state index in [0.717, 1.165) is 0 Å². The molecule has 0 saturated heterocycles. The Bertz CT molecular complexity index is 773. The summed E-state index contributed by atoms with van der Waals surface area (Å²) in [6.45, 7) is 2.38. The minimum Gasteiger partial charge on any atom is -0.485 e. The number of anilines is 2. The molecule has 1 atom stereocenters. The van der Waals surface area contributed by atoms with Crippen molar-refractivity contribution >= 4 is 40.3 Å². The highest BCUT2D eigenvalue weighted by Gasteiger charge is 2.20. The fourth-order valence-corrected chi connectivity index (χ4v) is 2.38. The van der Waals surface area contributed by atoms with Crippen molar-refractivity contribution in [3.05, 3.63) is 18.0 Å². The summed E-state index contributed by atoms with van der Waals surface area (Å²) in [4.78, 5) is 20.2. The van der Waals surface area contributed by atoms with Gasteiger partial charge in [-0.05, 0) is 13.0 Å². The van der Waals surface area contributed by atoms with Crippen molar-refractivity contribution in [1.82, 2.24) is 25.2 Å². The van der Waals surface area contributed by atoms with E-state index in [4.69, 9.17) is 22.1 Å². The van der Waals surface area contributed by atoms with Gasteiger partial charge in [0, 0.05) is 12.3 Å². The number of amides is 1. The third kappa shape index (κ3) is 3.14. The Labute approximate surface area is 136 Å². The molecule has 0 aromatic carbocycles. The second-order valence-electron chi connectivity index (χ2n) is 5.04. The van der Waals surface area contributed by atoms with Gasteiger partial charge in [0.05, 0.1) is 24.2 Å². The van der Waals surface area contributed by atoms with Crippen LogP contribution in [0.15, 0.2) is 18.0 Å². The van der Waals surface area contributed by atoms with Gasteiger partial charge in [-0.25, -0.2) is 4.68 Å². The van der Waals surface area contributed by atoms with E-state index in [2.05, 4.69) is 25.9 Å². The molecule has 3 heterocycles. The molecule has 1 aliphatic rings. The summed E-state index contributed by atoms with van der Waals surface area (Å²) in [5, 5.41) is 4.81. The Hall–Kier alpha value is -2.55. The molecule has 10 heteroatoms. The molecule has 0 spiro atoms. The Kier molecular flexibility index (Phi) is 4.20. The first kappa shape index (κ1) is 15.3. The number of carbonyl (C=O) groups is 1. The molecule has 0 saturated carbocycles. The van der Waals surface area contributed by atoms with E-state index in [1.165, 1.54) is 0 Å². The van der Waals surface area contributed by atoms with Crippen LogP contribution in [0.2, 0.25) is 0 Å². The van der Waals surface area contributed by atoms with Gasteiger partial charge in [0.1, 0.15) is 0 Å². The Morgan fingerprint density at radius 3 is 3.09 bits per heavy atom. The number of ether oxygens (including phenoxy) is 1. The third-order valence-electron chi connectivity index (χ3n) is 3.29. The zero-order valence-corrected chi connectivity index (χ0v) is 13.2. The van der Waals surface area contributed by atoms with Gasteiger partial charge >= 0.3 is 5.91 Å². The summed E-state index contributed by atoms with van der Waals surface area (Å²) >= 11 is 5.73. The zero-order chi connectivity index (χ0) is 16.4. The van der Waals surface area contributed by atoms with Crippen LogP contribution in [0, 0.1) is 0 Å². The SMILES string of the molecule is CC1CC=C(C(=O)NNc2nc(N)nc3c2cnn3CCCl)O1. The minimum absolute atomic E-state index is 0.00550. The second kappa shape index (κ2) is 6.29. The lowest BCUT2D eigenvalue weighted by Crippen LogP contribution is -2.31. The van der Waals surface area contributed by atoms with Gasteiger partial charge in [0.25, 0.3) is 0 Å². The number of carbonyl (C=O) groups excluding carboxylic acids is 1. The molecule has 0 aliphatic carbocycles. The molecule has 1 aliphatic heterocycles. The summed E-state index contributed by atoms with van der Waals surface area (Å²) in [5.41, 5.74) is 11.5. The van der Waals surface area contributed by atoms with E-state index in [0.29, 0.717) is 35.7 Å². The highest BCUT2D eigenvalue weighted by Crippen LogP contribution is 2.21. The van der Waals surface area contributed by atoms with Gasteiger partial charge in [-0.15, -0.1) is 11.6 Å². The van der Waals surface area contributed by atoms with Crippen LogP contribution < -0.4 is 16.6 Å². The van der Waals surface area contributed by atoms with Gasteiger partial charge in [0.15, 0.2) is 17.2 Å². The van der Waals surface area contributed by atoms with Crippen LogP contribution in [0.25, 0.3) is 11.0 Å². The summed E-state index contributed by atoms with van der Waals surface area (Å²) in [6.07, 6.45) is 4.04. The van der Waals surface area contributed by atoms with Crippen molar-refractivity contribution in [3.8, 4) is 0 Å². The lowest BCUT2D eigenvalue weighted by Gasteiger charge is -2.11. The van der Waals surface area contributed by atoms with Crippen LogP contribution in [-0.4, -0.2) is 37.6 Å². The molecule has 0 radical (unpaired) electrons. The first-order valence-corrected chi connectivity index (χ1v) is 7.60. The van der Waals surface area contributed by atoms with Gasteiger partial charge in [-0.3, -0.25) is 15.6 Å². The van der Waals surface area contributed by atoms with E-state index in [9.17, 15) is 4.79 Å². The van der Waals surface area contributed by atoms with Crippen LogP contribution in [0.4, 0.5) is 11.8 Å². The highest BCUT2D eigenvalue weighted by molar-refractivity contribution is 6.17. The second-order valence-corrected chi connectivity index (χ2v) is 5.41. The predicted molar refractivity (Wildman–Crippen MR) is 85.5 cm³/mol. The number of nitrogen functional groups attached to an aromatic ring is 1. The van der Waals surface area contributed by atoms with Crippen LogP contribution in [0.3, 0.4) is 0 Å². The van der Waals surface area contributed by atoms with E-state index in [1.54, 1.807) is 17.0 Å². The normalized spacial score (nSPS) is 17.0. The van der Waals surface area contributed by atoms with E-state index < -0.39 is 0 Å². The topological polar surface area (TPSA) is 120 Å². The lowest BCUT2D eigenvalue weighted by atomic mass is 10.3. The number of aryl methyl sites for hydroxylation is 1. The van der Waals surface area contributed by atoms with E-state index >= 15 is 0 Å². The Morgan fingerprint density at radius 1 is 1.57 bits per heavy atom. The van der Waals surface area contributed by atoms with Gasteiger partial charge < -0.3 is 10.5 Å². The molecular weight excluding hydrogens is 322 g/mol. The first-order chi connectivity index (χ1) is 11.1. The number of nitrogens with one attached hydrogen (secondary N) is 2. The average molecular weight is 338 g/mol. The number of hydrogen-bond acceptors (Lipinski definition) is 7. The molecule has 0 bridgehead atoms. The van der Waals surface area contributed by atoms with Crippen molar-refractivity contribution in [3.63, 3.8) is 0 Å². The first-order valence-electron chi connectivity index (χ1n) is 7.06. The molecule has 23 heavy (non-hydrogen) atoms. The van der Waals surface area contributed by atoms with Gasteiger partial charge in [0.2, 0.25) is 5.95 Å². The average Bonchev–Trinajstić information content (AvgIpc) is 3.12. The van der Waals surface area contributed by atoms with Gasteiger partial charge in [-0.2, -0.15) is 15.1 Å². The molecule has 3 rings (SSSR count). The number of rotatable bonds is 5.